The van der Waals surface area contributed by atoms with E-state index in [9.17, 15) is 0 Å². The van der Waals surface area contributed by atoms with E-state index in [1.807, 2.05) is 12.3 Å². The van der Waals surface area contributed by atoms with Crippen LogP contribution in [0, 0.1) is 5.92 Å². The summed E-state index contributed by atoms with van der Waals surface area (Å²) in [6.07, 6.45) is 6.62. The van der Waals surface area contributed by atoms with Gasteiger partial charge < -0.3 is 9.88 Å². The molecule has 3 rings (SSSR count). The Labute approximate surface area is 114 Å². The molecule has 1 aliphatic rings. The van der Waals surface area contributed by atoms with E-state index in [4.69, 9.17) is 4.98 Å². The number of hydrogen-bond donors (Lipinski definition) is 1. The van der Waals surface area contributed by atoms with Crippen LogP contribution in [0.5, 0.6) is 0 Å². The first-order chi connectivity index (χ1) is 9.38. The standard InChI is InChI=1S/C15H22N4/c1-2-10-19-14(11-12-5-8-16-9-6-12)18-13-4-3-7-17-15(13)19/h3-4,7,12,16H,2,5-6,8-11H2,1H3. The number of hydrogen-bond acceptors (Lipinski definition) is 3. The maximum absolute atomic E-state index is 4.81. The van der Waals surface area contributed by atoms with Crippen LogP contribution < -0.4 is 5.32 Å². The highest BCUT2D eigenvalue weighted by atomic mass is 15.1. The highest BCUT2D eigenvalue weighted by molar-refractivity contribution is 5.71. The molecule has 1 saturated heterocycles. The van der Waals surface area contributed by atoms with Gasteiger partial charge in [0.05, 0.1) is 0 Å². The predicted molar refractivity (Wildman–Crippen MR) is 77.1 cm³/mol. The summed E-state index contributed by atoms with van der Waals surface area (Å²) in [5.74, 6) is 2.00. The molecule has 1 N–H and O–H groups in total. The van der Waals surface area contributed by atoms with Crippen molar-refractivity contribution >= 4 is 11.2 Å². The summed E-state index contributed by atoms with van der Waals surface area (Å²) >= 11 is 0. The number of fused-ring (bicyclic) bond motifs is 1. The van der Waals surface area contributed by atoms with Gasteiger partial charge in [-0.05, 0) is 50.4 Å². The molecule has 0 amide bonds. The average molecular weight is 258 g/mol. The van der Waals surface area contributed by atoms with Crippen LogP contribution in [0.4, 0.5) is 0 Å². The van der Waals surface area contributed by atoms with E-state index >= 15 is 0 Å². The van der Waals surface area contributed by atoms with E-state index in [0.29, 0.717) is 0 Å². The second-order valence-corrected chi connectivity index (χ2v) is 5.42. The molecule has 0 radical (unpaired) electrons. The molecule has 0 saturated carbocycles. The summed E-state index contributed by atoms with van der Waals surface area (Å²) in [7, 11) is 0. The molecule has 1 aliphatic heterocycles. The SMILES string of the molecule is CCCn1c(CC2CCNCC2)nc2cccnc21. The second-order valence-electron chi connectivity index (χ2n) is 5.42. The van der Waals surface area contributed by atoms with Crippen LogP contribution >= 0.6 is 0 Å². The highest BCUT2D eigenvalue weighted by Crippen LogP contribution is 2.21. The number of rotatable bonds is 4. The Hall–Kier alpha value is -1.42. The first kappa shape index (κ1) is 12.6. The predicted octanol–water partition coefficient (Wildman–Crippen LogP) is 2.38. The molecule has 3 heterocycles. The zero-order valence-electron chi connectivity index (χ0n) is 11.6. The van der Waals surface area contributed by atoms with Crippen LogP contribution in [-0.4, -0.2) is 27.6 Å². The fourth-order valence-electron chi connectivity index (χ4n) is 2.96. The van der Waals surface area contributed by atoms with Gasteiger partial charge in [-0.2, -0.15) is 0 Å². The van der Waals surface area contributed by atoms with Crippen LogP contribution in [0.1, 0.15) is 32.0 Å². The van der Waals surface area contributed by atoms with Gasteiger partial charge in [-0.1, -0.05) is 6.92 Å². The lowest BCUT2D eigenvalue weighted by Gasteiger charge is -2.22. The minimum atomic E-state index is 0.772. The van der Waals surface area contributed by atoms with Crippen molar-refractivity contribution in [2.24, 2.45) is 5.92 Å². The quantitative estimate of drug-likeness (QED) is 0.915. The van der Waals surface area contributed by atoms with Crippen LogP contribution in [0.3, 0.4) is 0 Å². The van der Waals surface area contributed by atoms with Gasteiger partial charge in [-0.25, -0.2) is 9.97 Å². The van der Waals surface area contributed by atoms with Gasteiger partial charge in [0.2, 0.25) is 0 Å². The molecule has 0 aliphatic carbocycles. The minimum Gasteiger partial charge on any atom is -0.317 e. The Kier molecular flexibility index (Phi) is 3.78. The molecule has 0 spiro atoms. The van der Waals surface area contributed by atoms with Crippen molar-refractivity contribution in [3.8, 4) is 0 Å². The number of imidazole rings is 1. The monoisotopic (exact) mass is 258 g/mol. The number of nitrogens with one attached hydrogen (secondary N) is 1. The van der Waals surface area contributed by atoms with Gasteiger partial charge in [-0.3, -0.25) is 0 Å². The summed E-state index contributed by atoms with van der Waals surface area (Å²) in [6.45, 7) is 5.53. The number of nitrogens with zero attached hydrogens (tertiary/aromatic N) is 3. The zero-order valence-corrected chi connectivity index (χ0v) is 11.6. The molecule has 2 aromatic heterocycles. The normalized spacial score (nSPS) is 17.1. The van der Waals surface area contributed by atoms with E-state index in [2.05, 4.69) is 27.9 Å². The van der Waals surface area contributed by atoms with E-state index in [1.54, 1.807) is 0 Å². The molecule has 2 aromatic rings. The smallest absolute Gasteiger partial charge is 0.159 e. The maximum Gasteiger partial charge on any atom is 0.159 e. The summed E-state index contributed by atoms with van der Waals surface area (Å²) in [5, 5.41) is 3.43. The topological polar surface area (TPSA) is 42.7 Å². The fraction of sp³-hybridized carbons (Fsp3) is 0.600. The van der Waals surface area contributed by atoms with Crippen LogP contribution in [0.15, 0.2) is 18.3 Å². The summed E-state index contributed by atoms with van der Waals surface area (Å²) in [6, 6.07) is 4.04. The Balaban J connectivity index is 1.90. The Bertz CT molecular complexity index is 540. The summed E-state index contributed by atoms with van der Waals surface area (Å²) in [5.41, 5.74) is 2.09. The Morgan fingerprint density at radius 1 is 1.37 bits per heavy atom. The summed E-state index contributed by atoms with van der Waals surface area (Å²) < 4.78 is 2.32. The average Bonchev–Trinajstić information content (AvgIpc) is 2.79. The third-order valence-corrected chi connectivity index (χ3v) is 3.96. The molecule has 0 unspecified atom stereocenters. The first-order valence-corrected chi connectivity index (χ1v) is 7.39. The zero-order chi connectivity index (χ0) is 13.1. The number of pyridine rings is 1. The Morgan fingerprint density at radius 3 is 3.00 bits per heavy atom. The van der Waals surface area contributed by atoms with Gasteiger partial charge in [0.15, 0.2) is 5.65 Å². The van der Waals surface area contributed by atoms with E-state index in [-0.39, 0.29) is 0 Å². The van der Waals surface area contributed by atoms with Crippen LogP contribution in [0.2, 0.25) is 0 Å². The molecular formula is C15H22N4. The minimum absolute atomic E-state index is 0.772. The highest BCUT2D eigenvalue weighted by Gasteiger charge is 2.18. The van der Waals surface area contributed by atoms with Gasteiger partial charge in [-0.15, -0.1) is 0 Å². The maximum atomic E-state index is 4.81. The number of aromatic nitrogens is 3. The lowest BCUT2D eigenvalue weighted by Crippen LogP contribution is -2.29. The Morgan fingerprint density at radius 2 is 2.21 bits per heavy atom. The van der Waals surface area contributed by atoms with Crippen molar-refractivity contribution in [3.63, 3.8) is 0 Å². The van der Waals surface area contributed by atoms with Crippen LogP contribution in [-0.2, 0) is 13.0 Å². The molecule has 0 bridgehead atoms. The van der Waals surface area contributed by atoms with E-state index < -0.39 is 0 Å². The van der Waals surface area contributed by atoms with Gasteiger partial charge >= 0.3 is 0 Å². The van der Waals surface area contributed by atoms with Crippen molar-refractivity contribution in [2.75, 3.05) is 13.1 Å². The second kappa shape index (κ2) is 5.70. The van der Waals surface area contributed by atoms with Gasteiger partial charge in [0, 0.05) is 19.2 Å². The van der Waals surface area contributed by atoms with Crippen molar-refractivity contribution < 1.29 is 0 Å². The molecular weight excluding hydrogens is 236 g/mol. The molecule has 19 heavy (non-hydrogen) atoms. The lowest BCUT2D eigenvalue weighted by atomic mass is 9.94. The van der Waals surface area contributed by atoms with E-state index in [0.717, 1.165) is 49.6 Å². The van der Waals surface area contributed by atoms with Crippen LogP contribution in [0.25, 0.3) is 11.2 Å². The third-order valence-electron chi connectivity index (χ3n) is 3.96. The molecule has 0 aromatic carbocycles. The van der Waals surface area contributed by atoms with Crippen molar-refractivity contribution in [1.29, 1.82) is 0 Å². The molecule has 0 atom stereocenters. The van der Waals surface area contributed by atoms with Crippen molar-refractivity contribution in [3.05, 3.63) is 24.2 Å². The largest absolute Gasteiger partial charge is 0.317 e. The van der Waals surface area contributed by atoms with Gasteiger partial charge in [0.25, 0.3) is 0 Å². The van der Waals surface area contributed by atoms with Gasteiger partial charge in [0.1, 0.15) is 11.3 Å². The molecule has 4 nitrogen and oxygen atoms in total. The number of aryl methyl sites for hydroxylation is 1. The molecule has 4 heteroatoms. The van der Waals surface area contributed by atoms with Crippen molar-refractivity contribution in [1.82, 2.24) is 19.9 Å². The molecule has 102 valence electrons. The number of piperidine rings is 1. The van der Waals surface area contributed by atoms with E-state index in [1.165, 1.54) is 18.7 Å². The lowest BCUT2D eigenvalue weighted by molar-refractivity contribution is 0.363. The molecule has 1 fully saturated rings. The fourth-order valence-corrected chi connectivity index (χ4v) is 2.96. The first-order valence-electron chi connectivity index (χ1n) is 7.39. The third kappa shape index (κ3) is 2.63. The van der Waals surface area contributed by atoms with Crippen molar-refractivity contribution in [2.45, 2.75) is 39.2 Å². The summed E-state index contributed by atoms with van der Waals surface area (Å²) in [4.78, 5) is 9.31.